The van der Waals surface area contributed by atoms with E-state index in [0.29, 0.717) is 22.8 Å². The van der Waals surface area contributed by atoms with Crippen molar-refractivity contribution >= 4 is 11.8 Å². The molecule has 0 aliphatic heterocycles. The van der Waals surface area contributed by atoms with Crippen LogP contribution in [0.3, 0.4) is 0 Å². The van der Waals surface area contributed by atoms with Crippen molar-refractivity contribution in [1.29, 1.82) is 0 Å². The molecule has 4 heteroatoms. The van der Waals surface area contributed by atoms with Crippen molar-refractivity contribution in [3.8, 4) is 0 Å². The molecule has 2 rings (SSSR count). The molecule has 1 aromatic heterocycles. The number of nitrogens with zero attached hydrogens (tertiary/aromatic N) is 1. The van der Waals surface area contributed by atoms with Crippen molar-refractivity contribution in [1.82, 2.24) is 4.98 Å². The lowest BCUT2D eigenvalue weighted by atomic mass is 9.75. The van der Waals surface area contributed by atoms with Crippen LogP contribution in [0, 0.1) is 5.41 Å². The molecule has 2 N–H and O–H groups in total. The van der Waals surface area contributed by atoms with Crippen LogP contribution in [0.2, 0.25) is 0 Å². The van der Waals surface area contributed by atoms with Crippen LogP contribution in [-0.4, -0.2) is 22.1 Å². The first-order valence-electron chi connectivity index (χ1n) is 7.40. The van der Waals surface area contributed by atoms with E-state index in [-0.39, 0.29) is 0 Å². The van der Waals surface area contributed by atoms with Crippen LogP contribution in [0.25, 0.3) is 0 Å². The minimum atomic E-state index is -0.894. The fourth-order valence-corrected chi connectivity index (χ4v) is 2.72. The SMILES string of the molecule is CCc1cc(C(=O)O)cc(NC2CCC(C)(C)CC2)n1. The molecule has 0 saturated heterocycles. The third kappa shape index (κ3) is 3.71. The summed E-state index contributed by atoms with van der Waals surface area (Å²) in [6.45, 7) is 6.60. The monoisotopic (exact) mass is 276 g/mol. The summed E-state index contributed by atoms with van der Waals surface area (Å²) in [6.07, 6.45) is 5.38. The fourth-order valence-electron chi connectivity index (χ4n) is 2.72. The third-order valence-electron chi connectivity index (χ3n) is 4.18. The minimum absolute atomic E-state index is 0.315. The highest BCUT2D eigenvalue weighted by Crippen LogP contribution is 2.36. The number of rotatable bonds is 4. The zero-order valence-electron chi connectivity index (χ0n) is 12.6. The second-order valence-corrected chi connectivity index (χ2v) is 6.47. The normalized spacial score (nSPS) is 18.8. The lowest BCUT2D eigenvalue weighted by Gasteiger charge is -2.34. The highest BCUT2D eigenvalue weighted by molar-refractivity contribution is 5.88. The number of carboxylic acid groups (broad SMARTS) is 1. The van der Waals surface area contributed by atoms with Crippen LogP contribution in [0.5, 0.6) is 0 Å². The van der Waals surface area contributed by atoms with E-state index in [2.05, 4.69) is 24.1 Å². The van der Waals surface area contributed by atoms with Crippen LogP contribution < -0.4 is 5.32 Å². The molecule has 0 aromatic carbocycles. The second-order valence-electron chi connectivity index (χ2n) is 6.47. The molecule has 110 valence electrons. The molecule has 4 nitrogen and oxygen atoms in total. The third-order valence-corrected chi connectivity index (χ3v) is 4.18. The maximum absolute atomic E-state index is 11.1. The molecular formula is C16H24N2O2. The standard InChI is InChI=1S/C16H24N2O2/c1-4-12-9-11(15(19)20)10-14(17-12)18-13-5-7-16(2,3)8-6-13/h9-10,13H,4-8H2,1-3H3,(H,17,18)(H,19,20). The molecule has 1 aliphatic rings. The van der Waals surface area contributed by atoms with E-state index in [9.17, 15) is 4.79 Å². The topological polar surface area (TPSA) is 62.2 Å². The van der Waals surface area contributed by atoms with Crippen molar-refractivity contribution < 1.29 is 9.90 Å². The number of hydrogen-bond donors (Lipinski definition) is 2. The summed E-state index contributed by atoms with van der Waals surface area (Å²) in [5.41, 5.74) is 1.57. The lowest BCUT2D eigenvalue weighted by molar-refractivity contribution is 0.0696. The van der Waals surface area contributed by atoms with Crippen LogP contribution >= 0.6 is 0 Å². The molecule has 0 atom stereocenters. The van der Waals surface area contributed by atoms with Crippen molar-refractivity contribution in [3.63, 3.8) is 0 Å². The zero-order chi connectivity index (χ0) is 14.8. The van der Waals surface area contributed by atoms with Gasteiger partial charge >= 0.3 is 5.97 Å². The minimum Gasteiger partial charge on any atom is -0.478 e. The molecule has 1 heterocycles. The Morgan fingerprint density at radius 2 is 2.05 bits per heavy atom. The summed E-state index contributed by atoms with van der Waals surface area (Å²) in [4.78, 5) is 15.6. The number of hydrogen-bond acceptors (Lipinski definition) is 3. The molecule has 0 unspecified atom stereocenters. The predicted octanol–water partition coefficient (Wildman–Crippen LogP) is 3.72. The van der Waals surface area contributed by atoms with Gasteiger partial charge in [-0.25, -0.2) is 9.78 Å². The number of aromatic nitrogens is 1. The summed E-state index contributed by atoms with van der Waals surface area (Å²) in [7, 11) is 0. The van der Waals surface area contributed by atoms with Gasteiger partial charge in [-0.1, -0.05) is 20.8 Å². The Bertz CT molecular complexity index is 487. The number of aromatic carboxylic acids is 1. The second kappa shape index (κ2) is 5.81. The van der Waals surface area contributed by atoms with E-state index in [0.717, 1.165) is 25.0 Å². The van der Waals surface area contributed by atoms with Crippen LogP contribution in [0.1, 0.15) is 62.5 Å². The molecule has 0 bridgehead atoms. The van der Waals surface area contributed by atoms with Crippen LogP contribution in [0.4, 0.5) is 5.82 Å². The lowest BCUT2D eigenvalue weighted by Crippen LogP contribution is -2.30. The smallest absolute Gasteiger partial charge is 0.335 e. The van der Waals surface area contributed by atoms with Crippen molar-refractivity contribution in [3.05, 3.63) is 23.4 Å². The van der Waals surface area contributed by atoms with Crippen LogP contribution in [0.15, 0.2) is 12.1 Å². The van der Waals surface area contributed by atoms with Gasteiger partial charge in [0.15, 0.2) is 0 Å². The van der Waals surface area contributed by atoms with E-state index in [1.807, 2.05) is 6.92 Å². The highest BCUT2D eigenvalue weighted by atomic mass is 16.4. The van der Waals surface area contributed by atoms with Gasteiger partial charge < -0.3 is 10.4 Å². The molecule has 0 amide bonds. The van der Waals surface area contributed by atoms with Gasteiger partial charge in [0.05, 0.1) is 5.56 Å². The number of nitrogens with one attached hydrogen (secondary N) is 1. The Labute approximate surface area is 120 Å². The molecule has 0 spiro atoms. The predicted molar refractivity (Wildman–Crippen MR) is 80.2 cm³/mol. The fraction of sp³-hybridized carbons (Fsp3) is 0.625. The quantitative estimate of drug-likeness (QED) is 0.879. The first-order chi connectivity index (χ1) is 9.39. The Morgan fingerprint density at radius 3 is 2.60 bits per heavy atom. The summed E-state index contributed by atoms with van der Waals surface area (Å²) < 4.78 is 0. The van der Waals surface area contributed by atoms with E-state index < -0.39 is 5.97 Å². The Morgan fingerprint density at radius 1 is 1.40 bits per heavy atom. The molecule has 1 aliphatic carbocycles. The van der Waals surface area contributed by atoms with Gasteiger partial charge in [-0.2, -0.15) is 0 Å². The number of carboxylic acids is 1. The molecule has 1 aromatic rings. The van der Waals surface area contributed by atoms with Gasteiger partial charge in [0.2, 0.25) is 0 Å². The van der Waals surface area contributed by atoms with E-state index in [4.69, 9.17) is 5.11 Å². The van der Waals surface area contributed by atoms with Gasteiger partial charge in [-0.05, 0) is 49.7 Å². The first-order valence-corrected chi connectivity index (χ1v) is 7.40. The van der Waals surface area contributed by atoms with E-state index >= 15 is 0 Å². The van der Waals surface area contributed by atoms with Gasteiger partial charge in [-0.15, -0.1) is 0 Å². The highest BCUT2D eigenvalue weighted by Gasteiger charge is 2.26. The average Bonchev–Trinajstić information content (AvgIpc) is 2.41. The number of aryl methyl sites for hydroxylation is 1. The summed E-state index contributed by atoms with van der Waals surface area (Å²) in [6, 6.07) is 3.70. The number of anilines is 1. The zero-order valence-corrected chi connectivity index (χ0v) is 12.6. The Balaban J connectivity index is 2.09. The van der Waals surface area contributed by atoms with Gasteiger partial charge in [-0.3, -0.25) is 0 Å². The van der Waals surface area contributed by atoms with Crippen molar-refractivity contribution in [2.45, 2.75) is 58.9 Å². The van der Waals surface area contributed by atoms with Gasteiger partial charge in [0.25, 0.3) is 0 Å². The molecular weight excluding hydrogens is 252 g/mol. The Hall–Kier alpha value is -1.58. The summed E-state index contributed by atoms with van der Waals surface area (Å²) in [5, 5.41) is 12.6. The maximum Gasteiger partial charge on any atom is 0.335 e. The number of carbonyl (C=O) groups is 1. The maximum atomic E-state index is 11.1. The van der Waals surface area contributed by atoms with Crippen LogP contribution in [-0.2, 0) is 6.42 Å². The largest absolute Gasteiger partial charge is 0.478 e. The molecule has 1 saturated carbocycles. The van der Waals surface area contributed by atoms with E-state index in [1.165, 1.54) is 12.8 Å². The first kappa shape index (κ1) is 14.8. The summed E-state index contributed by atoms with van der Waals surface area (Å²) >= 11 is 0. The van der Waals surface area contributed by atoms with Crippen molar-refractivity contribution in [2.75, 3.05) is 5.32 Å². The van der Waals surface area contributed by atoms with Crippen molar-refractivity contribution in [2.24, 2.45) is 5.41 Å². The summed E-state index contributed by atoms with van der Waals surface area (Å²) in [5.74, 6) is -0.193. The van der Waals surface area contributed by atoms with Gasteiger partial charge in [0, 0.05) is 11.7 Å². The van der Waals surface area contributed by atoms with Gasteiger partial charge in [0.1, 0.15) is 5.82 Å². The molecule has 0 radical (unpaired) electrons. The molecule has 20 heavy (non-hydrogen) atoms. The molecule has 1 fully saturated rings. The van der Waals surface area contributed by atoms with E-state index in [1.54, 1.807) is 12.1 Å². The Kier molecular flexibility index (Phi) is 4.31. The average molecular weight is 276 g/mol. The number of pyridine rings is 1.